The lowest BCUT2D eigenvalue weighted by Crippen LogP contribution is -2.36. The molecule has 1 aliphatic heterocycles. The maximum Gasteiger partial charge on any atom is 0.270 e. The summed E-state index contributed by atoms with van der Waals surface area (Å²) < 4.78 is 1.74. The van der Waals surface area contributed by atoms with Crippen molar-refractivity contribution in [1.29, 1.82) is 0 Å². The number of nitrogens with zero attached hydrogens (tertiary/aromatic N) is 4. The number of hydrogen-bond acceptors (Lipinski definition) is 6. The first-order valence-electron chi connectivity index (χ1n) is 11.5. The van der Waals surface area contributed by atoms with E-state index in [1.54, 1.807) is 16.8 Å². The molecule has 1 atom stereocenters. The Morgan fingerprint density at radius 1 is 1.15 bits per heavy atom. The smallest absolute Gasteiger partial charge is 0.270 e. The number of carbonyl (C=O) groups is 1. The summed E-state index contributed by atoms with van der Waals surface area (Å²) >= 11 is 0. The highest BCUT2D eigenvalue weighted by Gasteiger charge is 2.42. The van der Waals surface area contributed by atoms with Crippen LogP contribution in [-0.2, 0) is 4.79 Å². The summed E-state index contributed by atoms with van der Waals surface area (Å²) in [5.41, 5.74) is 4.16. The Balaban J connectivity index is 1.65. The maximum absolute atomic E-state index is 13.4. The second kappa shape index (κ2) is 7.90. The van der Waals surface area contributed by atoms with Gasteiger partial charge in [0.15, 0.2) is 11.6 Å². The van der Waals surface area contributed by atoms with E-state index in [0.29, 0.717) is 29.7 Å². The van der Waals surface area contributed by atoms with Gasteiger partial charge in [0.2, 0.25) is 5.95 Å². The van der Waals surface area contributed by atoms with Crippen molar-refractivity contribution in [3.63, 3.8) is 0 Å². The third-order valence-corrected chi connectivity index (χ3v) is 6.57. The molecule has 1 aliphatic carbocycles. The fourth-order valence-electron chi connectivity index (χ4n) is 4.86. The number of nitro benzene ring substituents is 1. The number of nitrogens with one attached hydrogen (secondary N) is 1. The van der Waals surface area contributed by atoms with E-state index in [1.165, 1.54) is 17.7 Å². The molecule has 174 valence electrons. The quantitative estimate of drug-likeness (QED) is 0.402. The molecule has 1 aromatic heterocycles. The van der Waals surface area contributed by atoms with Gasteiger partial charge in [-0.1, -0.05) is 64.1 Å². The lowest BCUT2D eigenvalue weighted by Gasteiger charge is -2.38. The Labute approximate surface area is 197 Å². The number of ketones is 1. The molecule has 5 rings (SSSR count). The number of aromatic nitrogens is 3. The molecule has 2 aliphatic rings. The van der Waals surface area contributed by atoms with Gasteiger partial charge in [0.05, 0.1) is 4.92 Å². The second-order valence-electron chi connectivity index (χ2n) is 10.2. The highest BCUT2D eigenvalue weighted by molar-refractivity contribution is 6.00. The van der Waals surface area contributed by atoms with Crippen LogP contribution in [-0.4, -0.2) is 25.5 Å². The van der Waals surface area contributed by atoms with Gasteiger partial charge in [-0.3, -0.25) is 14.9 Å². The van der Waals surface area contributed by atoms with Crippen molar-refractivity contribution in [3.05, 3.63) is 81.0 Å². The van der Waals surface area contributed by atoms with E-state index >= 15 is 0 Å². The number of fused-ring (bicyclic) bond motifs is 1. The lowest BCUT2D eigenvalue weighted by molar-refractivity contribution is -0.384. The van der Waals surface area contributed by atoms with Crippen molar-refractivity contribution < 1.29 is 9.72 Å². The number of non-ortho nitro benzene ring substituents is 1. The number of benzene rings is 2. The molecule has 8 heteroatoms. The molecule has 0 amide bonds. The summed E-state index contributed by atoms with van der Waals surface area (Å²) in [4.78, 5) is 28.9. The van der Waals surface area contributed by atoms with Gasteiger partial charge < -0.3 is 5.32 Å². The number of Topliss-reactive ketones (excluding diaryl/α,β-unsaturated/α-hetero) is 1. The molecule has 0 fully saturated rings. The summed E-state index contributed by atoms with van der Waals surface area (Å²) in [6.45, 7) is 8.48. The van der Waals surface area contributed by atoms with Gasteiger partial charge in [0, 0.05) is 35.4 Å². The summed E-state index contributed by atoms with van der Waals surface area (Å²) in [5, 5.41) is 19.4. The summed E-state index contributed by atoms with van der Waals surface area (Å²) in [5.74, 6) is 1.41. The average Bonchev–Trinajstić information content (AvgIpc) is 3.20. The van der Waals surface area contributed by atoms with Crippen LogP contribution < -0.4 is 5.32 Å². The first-order valence-corrected chi connectivity index (χ1v) is 11.5. The van der Waals surface area contributed by atoms with Crippen LogP contribution in [0.5, 0.6) is 0 Å². The third kappa shape index (κ3) is 3.79. The van der Waals surface area contributed by atoms with Gasteiger partial charge >= 0.3 is 0 Å². The Morgan fingerprint density at radius 3 is 2.56 bits per heavy atom. The fraction of sp³-hybridized carbons (Fsp3) is 0.346. The molecule has 0 bridgehead atoms. The molecule has 2 aromatic carbocycles. The summed E-state index contributed by atoms with van der Waals surface area (Å²) in [7, 11) is 0. The molecule has 8 nitrogen and oxygen atoms in total. The number of anilines is 1. The minimum Gasteiger partial charge on any atom is -0.328 e. The van der Waals surface area contributed by atoms with Gasteiger partial charge in [0.1, 0.15) is 6.04 Å². The highest BCUT2D eigenvalue weighted by atomic mass is 16.6. The Bertz CT molecular complexity index is 1330. The van der Waals surface area contributed by atoms with E-state index in [4.69, 9.17) is 5.10 Å². The lowest BCUT2D eigenvalue weighted by atomic mass is 9.73. The molecule has 3 aromatic rings. The minimum atomic E-state index is -0.433. The topological polar surface area (TPSA) is 103 Å². The van der Waals surface area contributed by atoms with E-state index < -0.39 is 11.0 Å². The van der Waals surface area contributed by atoms with Crippen LogP contribution in [0, 0.1) is 15.5 Å². The molecular formula is C26H27N5O3. The van der Waals surface area contributed by atoms with Crippen LogP contribution in [0.4, 0.5) is 11.6 Å². The molecule has 0 radical (unpaired) electrons. The van der Waals surface area contributed by atoms with Gasteiger partial charge in [-0.05, 0) is 28.9 Å². The predicted octanol–water partition coefficient (Wildman–Crippen LogP) is 5.63. The van der Waals surface area contributed by atoms with Crippen LogP contribution in [0.1, 0.15) is 63.6 Å². The SMILES string of the molecule is CC(C)c1ccc(C2C3=C(CC(C)(C)CC3=O)Nc3nc(-c4cccc([N+](=O)[O-])c4)nn32)cc1. The third-order valence-electron chi connectivity index (χ3n) is 6.57. The van der Waals surface area contributed by atoms with E-state index in [0.717, 1.165) is 23.3 Å². The van der Waals surface area contributed by atoms with Crippen molar-refractivity contribution >= 4 is 17.4 Å². The molecule has 0 spiro atoms. The van der Waals surface area contributed by atoms with Crippen molar-refractivity contribution in [2.45, 2.75) is 52.5 Å². The van der Waals surface area contributed by atoms with Crippen LogP contribution >= 0.6 is 0 Å². The summed E-state index contributed by atoms with van der Waals surface area (Å²) in [6.07, 6.45) is 1.20. The normalized spacial score (nSPS) is 19.0. The van der Waals surface area contributed by atoms with Crippen LogP contribution in [0.2, 0.25) is 0 Å². The predicted molar refractivity (Wildman–Crippen MR) is 129 cm³/mol. The van der Waals surface area contributed by atoms with Gasteiger partial charge in [0.25, 0.3) is 5.69 Å². The van der Waals surface area contributed by atoms with E-state index in [1.807, 2.05) is 0 Å². The fourth-order valence-corrected chi connectivity index (χ4v) is 4.86. The number of hydrogen-bond donors (Lipinski definition) is 1. The first kappa shape index (κ1) is 22.0. The monoisotopic (exact) mass is 457 g/mol. The maximum atomic E-state index is 13.4. The zero-order valence-electron chi connectivity index (χ0n) is 19.7. The number of rotatable bonds is 4. The zero-order valence-corrected chi connectivity index (χ0v) is 19.7. The van der Waals surface area contributed by atoms with Crippen LogP contribution in [0.15, 0.2) is 59.8 Å². The van der Waals surface area contributed by atoms with Crippen molar-refractivity contribution in [2.75, 3.05) is 5.32 Å². The van der Waals surface area contributed by atoms with E-state index in [-0.39, 0.29) is 16.9 Å². The molecule has 1 unspecified atom stereocenters. The molecule has 0 saturated heterocycles. The number of nitro groups is 1. The van der Waals surface area contributed by atoms with Crippen molar-refractivity contribution in [1.82, 2.24) is 14.8 Å². The van der Waals surface area contributed by atoms with Crippen molar-refractivity contribution in [2.24, 2.45) is 5.41 Å². The standard InChI is InChI=1S/C26H27N5O3/c1-15(2)16-8-10-17(11-9-16)23-22-20(13-26(3,4)14-21(22)32)27-25-28-24(29-30(23)25)18-6-5-7-19(12-18)31(33)34/h5-12,15,23H,13-14H2,1-4H3,(H,27,28,29). The Hall–Kier alpha value is -3.81. The largest absolute Gasteiger partial charge is 0.328 e. The molecule has 0 saturated carbocycles. The second-order valence-corrected chi connectivity index (χ2v) is 10.2. The van der Waals surface area contributed by atoms with Crippen LogP contribution in [0.25, 0.3) is 11.4 Å². The van der Waals surface area contributed by atoms with E-state index in [2.05, 4.69) is 62.3 Å². The Morgan fingerprint density at radius 2 is 1.88 bits per heavy atom. The van der Waals surface area contributed by atoms with Crippen molar-refractivity contribution in [3.8, 4) is 11.4 Å². The Kier molecular flexibility index (Phi) is 5.11. The van der Waals surface area contributed by atoms with Gasteiger partial charge in [-0.15, -0.1) is 5.10 Å². The average molecular weight is 458 g/mol. The molecule has 2 heterocycles. The minimum absolute atomic E-state index is 0.0200. The molecule has 1 N–H and O–H groups in total. The molecular weight excluding hydrogens is 430 g/mol. The zero-order chi connectivity index (χ0) is 24.2. The first-order chi connectivity index (χ1) is 16.1. The van der Waals surface area contributed by atoms with Gasteiger partial charge in [-0.25, -0.2) is 4.68 Å². The molecule has 34 heavy (non-hydrogen) atoms. The van der Waals surface area contributed by atoms with E-state index in [9.17, 15) is 14.9 Å². The van der Waals surface area contributed by atoms with Crippen LogP contribution in [0.3, 0.4) is 0 Å². The number of carbonyl (C=O) groups excluding carboxylic acids is 1. The summed E-state index contributed by atoms with van der Waals surface area (Å²) in [6, 6.07) is 14.2. The van der Waals surface area contributed by atoms with Gasteiger partial charge in [-0.2, -0.15) is 4.98 Å². The highest BCUT2D eigenvalue weighted by Crippen LogP contribution is 2.45. The number of allylic oxidation sites excluding steroid dienone is 2.